The van der Waals surface area contributed by atoms with Crippen molar-refractivity contribution >= 4 is 15.7 Å². The zero-order valence-corrected chi connectivity index (χ0v) is 13.2. The van der Waals surface area contributed by atoms with Crippen LogP contribution in [0, 0.1) is 18.7 Å². The van der Waals surface area contributed by atoms with Gasteiger partial charge < -0.3 is 5.73 Å². The van der Waals surface area contributed by atoms with Crippen molar-refractivity contribution < 1.29 is 12.8 Å². The number of rotatable bonds is 6. The Morgan fingerprint density at radius 2 is 1.95 bits per heavy atom. The summed E-state index contributed by atoms with van der Waals surface area (Å²) in [6.45, 7) is 7.52. The molecular weight excluding hydrogens is 279 g/mol. The van der Waals surface area contributed by atoms with Crippen LogP contribution in [-0.4, -0.2) is 14.5 Å². The van der Waals surface area contributed by atoms with Gasteiger partial charge in [0.1, 0.15) is 5.82 Å². The maximum absolute atomic E-state index is 13.3. The van der Waals surface area contributed by atoms with Gasteiger partial charge in [-0.3, -0.25) is 0 Å². The molecule has 1 rings (SSSR count). The Balaban J connectivity index is 2.97. The SMILES string of the molecule is CCC(C)CC(C)NS(=O)(=O)c1cc(N)c(F)cc1C. The quantitative estimate of drug-likeness (QED) is 0.794. The lowest BCUT2D eigenvalue weighted by molar-refractivity contribution is 0.445. The van der Waals surface area contributed by atoms with Gasteiger partial charge in [0.25, 0.3) is 0 Å². The summed E-state index contributed by atoms with van der Waals surface area (Å²) in [6, 6.07) is 2.13. The number of nitrogens with one attached hydrogen (secondary N) is 1. The second kappa shape index (κ2) is 6.54. The fourth-order valence-corrected chi connectivity index (χ4v) is 3.62. The Kier molecular flexibility index (Phi) is 5.53. The van der Waals surface area contributed by atoms with Gasteiger partial charge >= 0.3 is 0 Å². The minimum absolute atomic E-state index is 0.0346. The van der Waals surface area contributed by atoms with E-state index in [4.69, 9.17) is 5.73 Å². The number of hydrogen-bond acceptors (Lipinski definition) is 3. The number of nitrogen functional groups attached to an aromatic ring is 1. The molecular formula is C14H23FN2O2S. The Hall–Kier alpha value is -1.14. The number of halogens is 1. The van der Waals surface area contributed by atoms with Crippen LogP contribution < -0.4 is 10.5 Å². The standard InChI is InChI=1S/C14H23FN2O2S/c1-5-9(2)6-11(4)17-20(18,19)14-8-13(16)12(15)7-10(14)3/h7-9,11,17H,5-6,16H2,1-4H3. The van der Waals surface area contributed by atoms with Gasteiger partial charge in [0, 0.05) is 6.04 Å². The first-order valence-corrected chi connectivity index (χ1v) is 8.23. The molecule has 1 aromatic rings. The number of hydrogen-bond donors (Lipinski definition) is 2. The van der Waals surface area contributed by atoms with E-state index in [0.29, 0.717) is 11.5 Å². The smallest absolute Gasteiger partial charge is 0.241 e. The van der Waals surface area contributed by atoms with Gasteiger partial charge in [0.2, 0.25) is 10.0 Å². The van der Waals surface area contributed by atoms with Gasteiger partial charge in [-0.2, -0.15) is 0 Å². The highest BCUT2D eigenvalue weighted by molar-refractivity contribution is 7.89. The summed E-state index contributed by atoms with van der Waals surface area (Å²) < 4.78 is 40.5. The van der Waals surface area contributed by atoms with E-state index < -0.39 is 15.8 Å². The summed E-state index contributed by atoms with van der Waals surface area (Å²) in [5.41, 5.74) is 5.64. The Bertz CT molecular complexity index is 573. The van der Waals surface area contributed by atoms with Crippen LogP contribution in [-0.2, 0) is 10.0 Å². The molecule has 0 aliphatic carbocycles. The van der Waals surface area contributed by atoms with Crippen LogP contribution in [0.15, 0.2) is 17.0 Å². The molecule has 0 aliphatic rings. The van der Waals surface area contributed by atoms with Crippen molar-refractivity contribution in [1.29, 1.82) is 0 Å². The minimum atomic E-state index is -3.68. The van der Waals surface area contributed by atoms with E-state index in [1.807, 2.05) is 6.92 Å². The number of aryl methyl sites for hydroxylation is 1. The first-order valence-electron chi connectivity index (χ1n) is 6.75. The van der Waals surface area contributed by atoms with Crippen LogP contribution in [0.25, 0.3) is 0 Å². The van der Waals surface area contributed by atoms with Crippen LogP contribution >= 0.6 is 0 Å². The third-order valence-electron chi connectivity index (χ3n) is 3.39. The maximum Gasteiger partial charge on any atom is 0.241 e. The predicted molar refractivity (Wildman–Crippen MR) is 79.4 cm³/mol. The second-order valence-electron chi connectivity index (χ2n) is 5.41. The normalized spacial score (nSPS) is 15.1. The molecule has 0 aromatic heterocycles. The topological polar surface area (TPSA) is 72.2 Å². The highest BCUT2D eigenvalue weighted by Gasteiger charge is 2.21. The van der Waals surface area contributed by atoms with Crippen molar-refractivity contribution in [3.8, 4) is 0 Å². The molecule has 20 heavy (non-hydrogen) atoms. The van der Waals surface area contributed by atoms with Crippen molar-refractivity contribution in [1.82, 2.24) is 4.72 Å². The molecule has 114 valence electrons. The molecule has 0 fully saturated rings. The highest BCUT2D eigenvalue weighted by atomic mass is 32.2. The van der Waals surface area contributed by atoms with Crippen LogP contribution in [0.1, 0.15) is 39.2 Å². The highest BCUT2D eigenvalue weighted by Crippen LogP contribution is 2.22. The molecule has 0 heterocycles. The van der Waals surface area contributed by atoms with E-state index in [2.05, 4.69) is 18.6 Å². The van der Waals surface area contributed by atoms with E-state index in [1.165, 1.54) is 6.07 Å². The molecule has 6 heteroatoms. The second-order valence-corrected chi connectivity index (χ2v) is 7.09. The van der Waals surface area contributed by atoms with E-state index >= 15 is 0 Å². The Morgan fingerprint density at radius 1 is 1.35 bits per heavy atom. The third kappa shape index (κ3) is 4.18. The zero-order valence-electron chi connectivity index (χ0n) is 12.4. The maximum atomic E-state index is 13.3. The van der Waals surface area contributed by atoms with Gasteiger partial charge in [0.05, 0.1) is 10.6 Å². The molecule has 1 aromatic carbocycles. The van der Waals surface area contributed by atoms with Crippen LogP contribution in [0.5, 0.6) is 0 Å². The van der Waals surface area contributed by atoms with Gasteiger partial charge in [-0.1, -0.05) is 20.3 Å². The lowest BCUT2D eigenvalue weighted by atomic mass is 10.0. The number of sulfonamides is 1. The molecule has 0 aliphatic heterocycles. The molecule has 0 bridgehead atoms. The molecule has 0 saturated heterocycles. The molecule has 3 N–H and O–H groups in total. The number of benzene rings is 1. The summed E-state index contributed by atoms with van der Waals surface area (Å²) in [7, 11) is -3.68. The van der Waals surface area contributed by atoms with E-state index in [-0.39, 0.29) is 16.6 Å². The average molecular weight is 302 g/mol. The monoisotopic (exact) mass is 302 g/mol. The predicted octanol–water partition coefficient (Wildman–Crippen LogP) is 2.82. The summed E-state index contributed by atoms with van der Waals surface area (Å²) >= 11 is 0. The van der Waals surface area contributed by atoms with E-state index in [0.717, 1.165) is 18.9 Å². The molecule has 2 atom stereocenters. The third-order valence-corrected chi connectivity index (χ3v) is 5.12. The number of anilines is 1. The zero-order chi connectivity index (χ0) is 15.5. The average Bonchev–Trinajstić information content (AvgIpc) is 2.32. The van der Waals surface area contributed by atoms with Gasteiger partial charge in [0.15, 0.2) is 0 Å². The minimum Gasteiger partial charge on any atom is -0.396 e. The van der Waals surface area contributed by atoms with Gasteiger partial charge in [-0.05, 0) is 43.9 Å². The van der Waals surface area contributed by atoms with Crippen LogP contribution in [0.2, 0.25) is 0 Å². The van der Waals surface area contributed by atoms with Crippen molar-refractivity contribution in [3.05, 3.63) is 23.5 Å². The van der Waals surface area contributed by atoms with Crippen LogP contribution in [0.3, 0.4) is 0 Å². The van der Waals surface area contributed by atoms with Crippen molar-refractivity contribution in [3.63, 3.8) is 0 Å². The molecule has 0 saturated carbocycles. The Morgan fingerprint density at radius 3 is 2.50 bits per heavy atom. The van der Waals surface area contributed by atoms with Gasteiger partial charge in [-0.15, -0.1) is 0 Å². The van der Waals surface area contributed by atoms with E-state index in [9.17, 15) is 12.8 Å². The summed E-state index contributed by atoms with van der Waals surface area (Å²) in [4.78, 5) is 0.0346. The van der Waals surface area contributed by atoms with Gasteiger partial charge in [-0.25, -0.2) is 17.5 Å². The molecule has 2 unspecified atom stereocenters. The first kappa shape index (κ1) is 16.9. The molecule has 4 nitrogen and oxygen atoms in total. The molecule has 0 radical (unpaired) electrons. The first-order chi connectivity index (χ1) is 9.17. The van der Waals surface area contributed by atoms with Crippen molar-refractivity contribution in [2.24, 2.45) is 5.92 Å². The van der Waals surface area contributed by atoms with Crippen molar-refractivity contribution in [2.75, 3.05) is 5.73 Å². The fourth-order valence-electron chi connectivity index (χ4n) is 2.10. The van der Waals surface area contributed by atoms with Crippen molar-refractivity contribution in [2.45, 2.75) is 51.5 Å². The van der Waals surface area contributed by atoms with E-state index in [1.54, 1.807) is 6.92 Å². The largest absolute Gasteiger partial charge is 0.396 e. The summed E-state index contributed by atoms with van der Waals surface area (Å²) in [6.07, 6.45) is 1.75. The lowest BCUT2D eigenvalue weighted by Crippen LogP contribution is -2.34. The molecule has 0 spiro atoms. The number of nitrogens with two attached hydrogens (primary N) is 1. The lowest BCUT2D eigenvalue weighted by Gasteiger charge is -2.18. The summed E-state index contributed by atoms with van der Waals surface area (Å²) in [5.74, 6) is -0.166. The molecule has 0 amide bonds. The summed E-state index contributed by atoms with van der Waals surface area (Å²) in [5, 5.41) is 0. The Labute approximate surface area is 120 Å². The van der Waals surface area contributed by atoms with Crippen LogP contribution in [0.4, 0.5) is 10.1 Å². The fraction of sp³-hybridized carbons (Fsp3) is 0.571.